The number of anilines is 1. The summed E-state index contributed by atoms with van der Waals surface area (Å²) in [5.74, 6) is -1.00. The topological polar surface area (TPSA) is 108 Å². The van der Waals surface area contributed by atoms with Crippen LogP contribution in [0.25, 0.3) is 0 Å². The second kappa shape index (κ2) is 8.31. The SMILES string of the molecule is COc1ccc([N+](=O)[O-])cc1NC(=O)[C@H](C)OC(=O)c1ccc(C)cc1C. The Balaban J connectivity index is 2.12. The Morgan fingerprint density at radius 1 is 1.15 bits per heavy atom. The van der Waals surface area contributed by atoms with Crippen LogP contribution in [0, 0.1) is 24.0 Å². The molecule has 0 aliphatic heterocycles. The smallest absolute Gasteiger partial charge is 0.339 e. The van der Waals surface area contributed by atoms with E-state index in [1.807, 2.05) is 13.0 Å². The van der Waals surface area contributed by atoms with Gasteiger partial charge in [0.15, 0.2) is 6.10 Å². The average Bonchev–Trinajstić information content (AvgIpc) is 2.61. The van der Waals surface area contributed by atoms with E-state index in [0.29, 0.717) is 5.56 Å². The first-order chi connectivity index (χ1) is 12.7. The third kappa shape index (κ3) is 4.81. The lowest BCUT2D eigenvalue weighted by Gasteiger charge is -2.16. The minimum absolute atomic E-state index is 0.117. The van der Waals surface area contributed by atoms with Crippen molar-refractivity contribution in [3.8, 4) is 5.75 Å². The van der Waals surface area contributed by atoms with Gasteiger partial charge in [-0.05, 0) is 38.5 Å². The predicted octanol–water partition coefficient (Wildman–Crippen LogP) is 3.40. The highest BCUT2D eigenvalue weighted by molar-refractivity contribution is 5.98. The molecule has 2 aromatic rings. The fraction of sp³-hybridized carbons (Fsp3) is 0.263. The van der Waals surface area contributed by atoms with Crippen LogP contribution in [0.2, 0.25) is 0 Å². The molecule has 0 aliphatic rings. The quantitative estimate of drug-likeness (QED) is 0.473. The van der Waals surface area contributed by atoms with Crippen molar-refractivity contribution in [2.45, 2.75) is 26.9 Å². The number of carbonyl (C=O) groups is 2. The number of hydrogen-bond donors (Lipinski definition) is 1. The average molecular weight is 372 g/mol. The van der Waals surface area contributed by atoms with E-state index in [1.54, 1.807) is 19.1 Å². The number of nitrogens with one attached hydrogen (secondary N) is 1. The van der Waals surface area contributed by atoms with Gasteiger partial charge in [0.05, 0.1) is 23.3 Å². The second-order valence-electron chi connectivity index (χ2n) is 6.00. The molecule has 0 bridgehead atoms. The normalized spacial score (nSPS) is 11.4. The van der Waals surface area contributed by atoms with Crippen molar-refractivity contribution in [1.82, 2.24) is 0 Å². The van der Waals surface area contributed by atoms with Crippen LogP contribution in [0.15, 0.2) is 36.4 Å². The fourth-order valence-electron chi connectivity index (χ4n) is 2.46. The number of nitro benzene ring substituents is 1. The van der Waals surface area contributed by atoms with E-state index in [1.165, 1.54) is 32.2 Å². The van der Waals surface area contributed by atoms with Crippen LogP contribution in [-0.4, -0.2) is 30.0 Å². The van der Waals surface area contributed by atoms with Gasteiger partial charge in [0.2, 0.25) is 0 Å². The molecule has 0 radical (unpaired) electrons. The molecule has 0 unspecified atom stereocenters. The number of rotatable bonds is 6. The lowest BCUT2D eigenvalue weighted by Crippen LogP contribution is -2.30. The summed E-state index contributed by atoms with van der Waals surface area (Å²) in [5.41, 5.74) is 2.03. The molecule has 27 heavy (non-hydrogen) atoms. The summed E-state index contributed by atoms with van der Waals surface area (Å²) in [4.78, 5) is 35.0. The number of non-ortho nitro benzene ring substituents is 1. The van der Waals surface area contributed by atoms with Crippen LogP contribution < -0.4 is 10.1 Å². The van der Waals surface area contributed by atoms with E-state index in [-0.39, 0.29) is 17.1 Å². The summed E-state index contributed by atoms with van der Waals surface area (Å²) in [6.45, 7) is 5.10. The van der Waals surface area contributed by atoms with Crippen LogP contribution in [-0.2, 0) is 9.53 Å². The van der Waals surface area contributed by atoms with Crippen LogP contribution in [0.4, 0.5) is 11.4 Å². The molecule has 1 amide bonds. The van der Waals surface area contributed by atoms with Gasteiger partial charge >= 0.3 is 5.97 Å². The number of methoxy groups -OCH3 is 1. The summed E-state index contributed by atoms with van der Waals surface area (Å²) < 4.78 is 10.3. The molecule has 0 saturated carbocycles. The van der Waals surface area contributed by atoms with E-state index < -0.39 is 22.9 Å². The lowest BCUT2D eigenvalue weighted by molar-refractivity contribution is -0.384. The summed E-state index contributed by atoms with van der Waals surface area (Å²) in [6.07, 6.45) is -1.11. The number of nitro groups is 1. The highest BCUT2D eigenvalue weighted by atomic mass is 16.6. The Morgan fingerprint density at radius 2 is 1.85 bits per heavy atom. The Morgan fingerprint density at radius 3 is 2.44 bits per heavy atom. The van der Waals surface area contributed by atoms with Gasteiger partial charge in [0.1, 0.15) is 5.75 Å². The highest BCUT2D eigenvalue weighted by Gasteiger charge is 2.22. The summed E-state index contributed by atoms with van der Waals surface area (Å²) in [5, 5.41) is 13.4. The molecule has 0 aliphatic carbocycles. The standard InChI is InChI=1S/C19H20N2O6/c1-11-5-7-15(12(2)9-11)19(23)27-13(3)18(22)20-16-10-14(21(24)25)6-8-17(16)26-4/h5-10,13H,1-4H3,(H,20,22)/t13-/m0/s1. The molecule has 0 saturated heterocycles. The van der Waals surface area contributed by atoms with Gasteiger partial charge in [-0.25, -0.2) is 4.79 Å². The first-order valence-corrected chi connectivity index (χ1v) is 8.14. The van der Waals surface area contributed by atoms with Crippen molar-refractivity contribution < 1.29 is 24.0 Å². The van der Waals surface area contributed by atoms with Gasteiger partial charge in [0, 0.05) is 12.1 Å². The first kappa shape index (κ1) is 19.9. The van der Waals surface area contributed by atoms with Gasteiger partial charge in [-0.15, -0.1) is 0 Å². The Labute approximate surface area is 156 Å². The first-order valence-electron chi connectivity index (χ1n) is 8.14. The number of amides is 1. The van der Waals surface area contributed by atoms with Crippen LogP contribution >= 0.6 is 0 Å². The molecule has 142 valence electrons. The number of nitrogens with zero attached hydrogens (tertiary/aromatic N) is 1. The van der Waals surface area contributed by atoms with Gasteiger partial charge in [-0.2, -0.15) is 0 Å². The van der Waals surface area contributed by atoms with Crippen molar-refractivity contribution in [3.05, 3.63) is 63.2 Å². The predicted molar refractivity (Wildman–Crippen MR) is 99.1 cm³/mol. The molecular weight excluding hydrogens is 352 g/mol. The molecule has 0 heterocycles. The Kier molecular flexibility index (Phi) is 6.12. The maximum atomic E-state index is 12.4. The van der Waals surface area contributed by atoms with Crippen molar-refractivity contribution in [2.24, 2.45) is 0 Å². The number of ether oxygens (including phenoxy) is 2. The van der Waals surface area contributed by atoms with Crippen molar-refractivity contribution in [2.75, 3.05) is 12.4 Å². The molecular formula is C19H20N2O6. The highest BCUT2D eigenvalue weighted by Crippen LogP contribution is 2.29. The van der Waals surface area contributed by atoms with E-state index in [2.05, 4.69) is 5.32 Å². The molecule has 0 spiro atoms. The summed E-state index contributed by atoms with van der Waals surface area (Å²) >= 11 is 0. The minimum atomic E-state index is -1.11. The maximum Gasteiger partial charge on any atom is 0.339 e. The monoisotopic (exact) mass is 372 g/mol. The molecule has 0 aromatic heterocycles. The van der Waals surface area contributed by atoms with Crippen molar-refractivity contribution >= 4 is 23.3 Å². The molecule has 8 heteroatoms. The third-order valence-electron chi connectivity index (χ3n) is 3.91. The minimum Gasteiger partial charge on any atom is -0.495 e. The van der Waals surface area contributed by atoms with Crippen LogP contribution in [0.1, 0.15) is 28.4 Å². The van der Waals surface area contributed by atoms with Crippen LogP contribution in [0.5, 0.6) is 5.75 Å². The second-order valence-corrected chi connectivity index (χ2v) is 6.00. The molecule has 1 N–H and O–H groups in total. The van der Waals surface area contributed by atoms with Gasteiger partial charge in [-0.3, -0.25) is 14.9 Å². The van der Waals surface area contributed by atoms with Gasteiger partial charge < -0.3 is 14.8 Å². The Bertz CT molecular complexity index is 894. The zero-order valence-electron chi connectivity index (χ0n) is 15.4. The lowest BCUT2D eigenvalue weighted by atomic mass is 10.1. The number of carbonyl (C=O) groups excluding carboxylic acids is 2. The molecule has 0 fully saturated rings. The zero-order valence-corrected chi connectivity index (χ0v) is 15.4. The summed E-state index contributed by atoms with van der Waals surface area (Å²) in [6, 6.07) is 9.08. The third-order valence-corrected chi connectivity index (χ3v) is 3.91. The Hall–Kier alpha value is -3.42. The number of benzene rings is 2. The maximum absolute atomic E-state index is 12.4. The molecule has 2 aromatic carbocycles. The van der Waals surface area contributed by atoms with Gasteiger partial charge in [-0.1, -0.05) is 17.7 Å². The van der Waals surface area contributed by atoms with Crippen LogP contribution in [0.3, 0.4) is 0 Å². The number of hydrogen-bond acceptors (Lipinski definition) is 6. The molecule has 8 nitrogen and oxygen atoms in total. The van der Waals surface area contributed by atoms with E-state index in [9.17, 15) is 19.7 Å². The molecule has 2 rings (SSSR count). The van der Waals surface area contributed by atoms with Crippen molar-refractivity contribution in [3.63, 3.8) is 0 Å². The summed E-state index contributed by atoms with van der Waals surface area (Å²) in [7, 11) is 1.38. The van der Waals surface area contributed by atoms with Gasteiger partial charge in [0.25, 0.3) is 11.6 Å². The van der Waals surface area contributed by atoms with E-state index in [0.717, 1.165) is 11.1 Å². The zero-order chi connectivity index (χ0) is 20.1. The number of aryl methyl sites for hydroxylation is 2. The van der Waals surface area contributed by atoms with E-state index in [4.69, 9.17) is 9.47 Å². The largest absolute Gasteiger partial charge is 0.495 e. The fourth-order valence-corrected chi connectivity index (χ4v) is 2.46. The molecule has 1 atom stereocenters. The number of esters is 1. The van der Waals surface area contributed by atoms with Crippen molar-refractivity contribution in [1.29, 1.82) is 0 Å². The van der Waals surface area contributed by atoms with E-state index >= 15 is 0 Å².